The van der Waals surface area contributed by atoms with Crippen molar-refractivity contribution in [1.29, 1.82) is 0 Å². The van der Waals surface area contributed by atoms with Gasteiger partial charge < -0.3 is 9.47 Å². The van der Waals surface area contributed by atoms with Crippen LogP contribution in [0.4, 0.5) is 0 Å². The first kappa shape index (κ1) is 16.4. The van der Waals surface area contributed by atoms with Gasteiger partial charge in [-0.1, -0.05) is 30.3 Å². The maximum Gasteiger partial charge on any atom is 0.0991 e. The molecular formula is C17H28N2O2. The molecule has 0 aromatic heterocycles. The van der Waals surface area contributed by atoms with E-state index in [9.17, 15) is 0 Å². The van der Waals surface area contributed by atoms with Crippen LogP contribution in [-0.4, -0.2) is 25.4 Å². The maximum atomic E-state index is 5.93. The van der Waals surface area contributed by atoms with Crippen molar-refractivity contribution in [2.75, 3.05) is 13.2 Å². The third-order valence-corrected chi connectivity index (χ3v) is 4.12. The van der Waals surface area contributed by atoms with Gasteiger partial charge in [-0.15, -0.1) is 0 Å². The number of rotatable bonds is 9. The molecule has 1 aromatic rings. The lowest BCUT2D eigenvalue weighted by Gasteiger charge is -2.27. The molecule has 0 saturated carbocycles. The van der Waals surface area contributed by atoms with Crippen LogP contribution in [0.25, 0.3) is 0 Å². The molecule has 1 aliphatic heterocycles. The summed E-state index contributed by atoms with van der Waals surface area (Å²) in [5.41, 5.74) is 4.13. The van der Waals surface area contributed by atoms with Gasteiger partial charge in [-0.05, 0) is 44.6 Å². The number of nitrogens with one attached hydrogen (secondary N) is 1. The van der Waals surface area contributed by atoms with Crippen molar-refractivity contribution in [3.05, 3.63) is 35.9 Å². The Morgan fingerprint density at radius 2 is 2.19 bits per heavy atom. The molecule has 3 unspecified atom stereocenters. The van der Waals surface area contributed by atoms with Crippen LogP contribution in [0.1, 0.15) is 50.7 Å². The van der Waals surface area contributed by atoms with Gasteiger partial charge in [0.15, 0.2) is 0 Å². The Hall–Kier alpha value is -0.940. The SMILES string of the molecule is CCOC(c1ccccc1)C(CCCC1CCCO1)NN. The average molecular weight is 292 g/mol. The van der Waals surface area contributed by atoms with Crippen molar-refractivity contribution in [3.8, 4) is 0 Å². The first-order valence-corrected chi connectivity index (χ1v) is 8.09. The zero-order chi connectivity index (χ0) is 14.9. The Bertz CT molecular complexity index is 380. The summed E-state index contributed by atoms with van der Waals surface area (Å²) in [5.74, 6) is 5.77. The van der Waals surface area contributed by atoms with Crippen molar-refractivity contribution in [2.45, 2.75) is 57.3 Å². The first-order chi connectivity index (χ1) is 10.3. The van der Waals surface area contributed by atoms with Crippen LogP contribution in [0.2, 0.25) is 0 Å². The number of hydrogen-bond acceptors (Lipinski definition) is 4. The molecule has 4 nitrogen and oxygen atoms in total. The zero-order valence-electron chi connectivity index (χ0n) is 13.0. The van der Waals surface area contributed by atoms with Crippen molar-refractivity contribution in [3.63, 3.8) is 0 Å². The summed E-state index contributed by atoms with van der Waals surface area (Å²) in [6.07, 6.45) is 6.08. The van der Waals surface area contributed by atoms with Crippen LogP contribution in [0, 0.1) is 0 Å². The van der Waals surface area contributed by atoms with Crippen LogP contribution >= 0.6 is 0 Å². The molecule has 1 fully saturated rings. The van der Waals surface area contributed by atoms with Gasteiger partial charge in [0.1, 0.15) is 0 Å². The van der Waals surface area contributed by atoms with E-state index in [0.717, 1.165) is 25.9 Å². The van der Waals surface area contributed by atoms with E-state index in [-0.39, 0.29) is 12.1 Å². The Morgan fingerprint density at radius 1 is 1.38 bits per heavy atom. The monoisotopic (exact) mass is 292 g/mol. The van der Waals surface area contributed by atoms with Gasteiger partial charge in [0, 0.05) is 13.2 Å². The van der Waals surface area contributed by atoms with Gasteiger partial charge in [0.25, 0.3) is 0 Å². The number of ether oxygens (including phenoxy) is 2. The Kier molecular flexibility index (Phi) is 7.16. The van der Waals surface area contributed by atoms with Gasteiger partial charge in [-0.2, -0.15) is 0 Å². The molecule has 1 saturated heterocycles. The van der Waals surface area contributed by atoms with Crippen molar-refractivity contribution in [1.82, 2.24) is 5.43 Å². The van der Waals surface area contributed by atoms with Crippen molar-refractivity contribution >= 4 is 0 Å². The van der Waals surface area contributed by atoms with Crippen LogP contribution in [0.5, 0.6) is 0 Å². The largest absolute Gasteiger partial charge is 0.378 e. The quantitative estimate of drug-likeness (QED) is 0.543. The lowest BCUT2D eigenvalue weighted by atomic mass is 9.97. The van der Waals surface area contributed by atoms with Crippen LogP contribution in [-0.2, 0) is 9.47 Å². The minimum absolute atomic E-state index is 0.00527. The van der Waals surface area contributed by atoms with E-state index >= 15 is 0 Å². The molecule has 0 spiro atoms. The average Bonchev–Trinajstić information content (AvgIpc) is 3.04. The highest BCUT2D eigenvalue weighted by atomic mass is 16.5. The molecule has 4 heteroatoms. The van der Waals surface area contributed by atoms with E-state index in [1.54, 1.807) is 0 Å². The van der Waals surface area contributed by atoms with Crippen molar-refractivity contribution < 1.29 is 9.47 Å². The molecule has 118 valence electrons. The lowest BCUT2D eigenvalue weighted by molar-refractivity contribution is 0.0284. The molecule has 3 N–H and O–H groups in total. The number of benzene rings is 1. The molecule has 1 heterocycles. The molecule has 0 amide bonds. The minimum Gasteiger partial charge on any atom is -0.378 e. The highest BCUT2D eigenvalue weighted by molar-refractivity contribution is 5.19. The second kappa shape index (κ2) is 9.15. The van der Waals surface area contributed by atoms with Crippen LogP contribution < -0.4 is 11.3 Å². The van der Waals surface area contributed by atoms with Crippen LogP contribution in [0.15, 0.2) is 30.3 Å². The van der Waals surface area contributed by atoms with Crippen molar-refractivity contribution in [2.24, 2.45) is 5.84 Å². The molecule has 2 rings (SSSR count). The van der Waals surface area contributed by atoms with E-state index in [2.05, 4.69) is 17.6 Å². The highest BCUT2D eigenvalue weighted by Crippen LogP contribution is 2.25. The molecular weight excluding hydrogens is 264 g/mol. The third kappa shape index (κ3) is 5.08. The summed E-state index contributed by atoms with van der Waals surface area (Å²) in [6.45, 7) is 3.63. The minimum atomic E-state index is 0.00527. The fourth-order valence-corrected chi connectivity index (χ4v) is 3.03. The topological polar surface area (TPSA) is 56.5 Å². The molecule has 1 aliphatic rings. The lowest BCUT2D eigenvalue weighted by Crippen LogP contribution is -2.41. The molecule has 0 aliphatic carbocycles. The molecule has 1 aromatic carbocycles. The summed E-state index contributed by atoms with van der Waals surface area (Å²) in [7, 11) is 0. The van der Waals surface area contributed by atoms with Gasteiger partial charge in [0.2, 0.25) is 0 Å². The Morgan fingerprint density at radius 3 is 2.81 bits per heavy atom. The van der Waals surface area contributed by atoms with Gasteiger partial charge in [0.05, 0.1) is 18.2 Å². The number of hydrazine groups is 1. The Labute approximate surface area is 128 Å². The highest BCUT2D eigenvalue weighted by Gasteiger charge is 2.23. The van der Waals surface area contributed by atoms with Gasteiger partial charge in [-0.25, -0.2) is 0 Å². The number of nitrogens with two attached hydrogens (primary N) is 1. The molecule has 21 heavy (non-hydrogen) atoms. The summed E-state index contributed by atoms with van der Waals surface area (Å²) in [4.78, 5) is 0. The normalized spacial score (nSPS) is 21.3. The summed E-state index contributed by atoms with van der Waals surface area (Å²) < 4.78 is 11.6. The molecule has 3 atom stereocenters. The Balaban J connectivity index is 1.88. The maximum absolute atomic E-state index is 5.93. The third-order valence-electron chi connectivity index (χ3n) is 4.12. The van der Waals surface area contributed by atoms with E-state index in [0.29, 0.717) is 12.7 Å². The standard InChI is InChI=1S/C17H28N2O2/c1-2-20-17(14-8-4-3-5-9-14)16(19-18)12-6-10-15-11-7-13-21-15/h3-5,8-9,15-17,19H,2,6-7,10-13,18H2,1H3. The second-order valence-electron chi connectivity index (χ2n) is 5.63. The van der Waals surface area contributed by atoms with Gasteiger partial charge >= 0.3 is 0 Å². The molecule has 0 radical (unpaired) electrons. The first-order valence-electron chi connectivity index (χ1n) is 8.09. The second-order valence-corrected chi connectivity index (χ2v) is 5.63. The predicted molar refractivity (Wildman–Crippen MR) is 84.7 cm³/mol. The number of hydrogen-bond donors (Lipinski definition) is 2. The summed E-state index contributed by atoms with van der Waals surface area (Å²) in [6, 6.07) is 10.4. The fourth-order valence-electron chi connectivity index (χ4n) is 3.03. The summed E-state index contributed by atoms with van der Waals surface area (Å²) >= 11 is 0. The van der Waals surface area contributed by atoms with E-state index in [1.165, 1.54) is 18.4 Å². The summed E-state index contributed by atoms with van der Waals surface area (Å²) in [5, 5.41) is 0. The zero-order valence-corrected chi connectivity index (χ0v) is 13.0. The van der Waals surface area contributed by atoms with Crippen LogP contribution in [0.3, 0.4) is 0 Å². The smallest absolute Gasteiger partial charge is 0.0991 e. The van der Waals surface area contributed by atoms with E-state index in [1.807, 2.05) is 25.1 Å². The van der Waals surface area contributed by atoms with E-state index < -0.39 is 0 Å². The molecule has 0 bridgehead atoms. The van der Waals surface area contributed by atoms with Gasteiger partial charge in [-0.3, -0.25) is 11.3 Å². The van der Waals surface area contributed by atoms with E-state index in [4.69, 9.17) is 15.3 Å². The fraction of sp³-hybridized carbons (Fsp3) is 0.647. The predicted octanol–water partition coefficient (Wildman–Crippen LogP) is 2.95.